The van der Waals surface area contributed by atoms with Crippen LogP contribution in [0.3, 0.4) is 0 Å². The van der Waals surface area contributed by atoms with Gasteiger partial charge in [-0.1, -0.05) is 18.6 Å². The molecule has 1 aromatic rings. The number of carbonyl (C=O) groups excluding carboxylic acids is 1. The molecule has 5 heteroatoms. The Morgan fingerprint density at radius 1 is 1.19 bits per heavy atom. The number of unbranched alkanes of at least 4 members (excludes halogenated alkanes) is 2. The van der Waals surface area contributed by atoms with Crippen molar-refractivity contribution < 1.29 is 19.4 Å². The average molecular weight is 293 g/mol. The molecule has 1 rings (SSSR count). The fourth-order valence-corrected chi connectivity index (χ4v) is 1.98. The summed E-state index contributed by atoms with van der Waals surface area (Å²) >= 11 is 0. The van der Waals surface area contributed by atoms with Crippen LogP contribution < -0.4 is 10.1 Å². The number of amides is 1. The van der Waals surface area contributed by atoms with Crippen molar-refractivity contribution in [3.8, 4) is 5.75 Å². The Bertz CT molecular complexity index is 459. The second-order valence-corrected chi connectivity index (χ2v) is 4.91. The van der Waals surface area contributed by atoms with Gasteiger partial charge in [0.2, 0.25) is 5.91 Å². The summed E-state index contributed by atoms with van der Waals surface area (Å²) in [5, 5.41) is 11.3. The minimum Gasteiger partial charge on any atom is -0.497 e. The number of carboxylic acids is 1. The Labute approximate surface area is 125 Å². The van der Waals surface area contributed by atoms with Gasteiger partial charge in [-0.25, -0.2) is 0 Å². The Morgan fingerprint density at radius 2 is 2.00 bits per heavy atom. The van der Waals surface area contributed by atoms with Gasteiger partial charge in [-0.15, -0.1) is 0 Å². The number of carbonyl (C=O) groups is 2. The van der Waals surface area contributed by atoms with E-state index in [0.29, 0.717) is 25.8 Å². The summed E-state index contributed by atoms with van der Waals surface area (Å²) in [7, 11) is 1.62. The summed E-state index contributed by atoms with van der Waals surface area (Å²) in [6.45, 7) is 0.608. The van der Waals surface area contributed by atoms with E-state index in [4.69, 9.17) is 9.84 Å². The van der Waals surface area contributed by atoms with Crippen molar-refractivity contribution in [2.45, 2.75) is 38.5 Å². The molecule has 0 unspecified atom stereocenters. The number of aliphatic carboxylic acids is 1. The smallest absolute Gasteiger partial charge is 0.303 e. The lowest BCUT2D eigenvalue weighted by Crippen LogP contribution is -2.24. The van der Waals surface area contributed by atoms with Crippen molar-refractivity contribution in [3.05, 3.63) is 29.8 Å². The molecule has 0 aliphatic carbocycles. The fraction of sp³-hybridized carbons (Fsp3) is 0.500. The van der Waals surface area contributed by atoms with Crippen LogP contribution in [-0.4, -0.2) is 30.6 Å². The molecule has 0 aliphatic heterocycles. The van der Waals surface area contributed by atoms with Gasteiger partial charge in [0.1, 0.15) is 5.75 Å². The molecule has 0 spiro atoms. The lowest BCUT2D eigenvalue weighted by atomic mass is 10.1. The summed E-state index contributed by atoms with van der Waals surface area (Å²) in [5.74, 6) is 0.0553. The molecule has 21 heavy (non-hydrogen) atoms. The molecular formula is C16H23NO4. The van der Waals surface area contributed by atoms with Crippen LogP contribution in [0, 0.1) is 0 Å². The third-order valence-electron chi connectivity index (χ3n) is 3.16. The van der Waals surface area contributed by atoms with E-state index in [1.807, 2.05) is 24.3 Å². The molecule has 0 bridgehead atoms. The first-order valence-corrected chi connectivity index (χ1v) is 7.23. The quantitative estimate of drug-likeness (QED) is 0.649. The number of nitrogens with one attached hydrogen (secondary N) is 1. The minimum atomic E-state index is -0.766. The number of hydrogen-bond donors (Lipinski definition) is 2. The molecule has 0 heterocycles. The zero-order valence-corrected chi connectivity index (χ0v) is 12.4. The zero-order chi connectivity index (χ0) is 15.5. The third kappa shape index (κ3) is 7.97. The Hall–Kier alpha value is -2.04. The zero-order valence-electron chi connectivity index (χ0n) is 12.4. The van der Waals surface area contributed by atoms with Crippen LogP contribution in [0.25, 0.3) is 0 Å². The average Bonchev–Trinajstić information content (AvgIpc) is 2.48. The first-order chi connectivity index (χ1) is 10.1. The molecule has 1 amide bonds. The summed E-state index contributed by atoms with van der Waals surface area (Å²) in [6.07, 6.45) is 3.63. The van der Waals surface area contributed by atoms with E-state index >= 15 is 0 Å². The van der Waals surface area contributed by atoms with E-state index < -0.39 is 5.97 Å². The number of carboxylic acid groups (broad SMARTS) is 1. The van der Waals surface area contributed by atoms with E-state index in [2.05, 4.69) is 5.32 Å². The summed E-state index contributed by atoms with van der Waals surface area (Å²) < 4.78 is 5.14. The second-order valence-electron chi connectivity index (χ2n) is 4.91. The topological polar surface area (TPSA) is 75.6 Å². The van der Waals surface area contributed by atoms with Crippen LogP contribution in [0.1, 0.15) is 37.7 Å². The van der Waals surface area contributed by atoms with Gasteiger partial charge in [-0.3, -0.25) is 9.59 Å². The van der Waals surface area contributed by atoms with Crippen LogP contribution in [-0.2, 0) is 16.0 Å². The van der Waals surface area contributed by atoms with Crippen LogP contribution >= 0.6 is 0 Å². The van der Waals surface area contributed by atoms with E-state index in [-0.39, 0.29) is 12.3 Å². The van der Waals surface area contributed by atoms with Crippen molar-refractivity contribution in [2.75, 3.05) is 13.7 Å². The van der Waals surface area contributed by atoms with Crippen molar-refractivity contribution in [1.82, 2.24) is 5.32 Å². The molecule has 0 aromatic heterocycles. The lowest BCUT2D eigenvalue weighted by Gasteiger charge is -2.06. The molecule has 0 atom stereocenters. The molecule has 1 aromatic carbocycles. The maximum atomic E-state index is 11.7. The van der Waals surface area contributed by atoms with Crippen LogP contribution in [0.5, 0.6) is 5.75 Å². The molecule has 0 fully saturated rings. The molecule has 0 saturated carbocycles. The number of ether oxygens (including phenoxy) is 1. The van der Waals surface area contributed by atoms with Crippen molar-refractivity contribution in [3.63, 3.8) is 0 Å². The molecule has 5 nitrogen and oxygen atoms in total. The lowest BCUT2D eigenvalue weighted by molar-refractivity contribution is -0.137. The monoisotopic (exact) mass is 293 g/mol. The molecule has 116 valence electrons. The maximum Gasteiger partial charge on any atom is 0.303 e. The highest BCUT2D eigenvalue weighted by Crippen LogP contribution is 2.13. The van der Waals surface area contributed by atoms with Gasteiger partial charge in [0.25, 0.3) is 0 Å². The van der Waals surface area contributed by atoms with Crippen molar-refractivity contribution >= 4 is 11.9 Å². The van der Waals surface area contributed by atoms with Crippen LogP contribution in [0.4, 0.5) is 0 Å². The highest BCUT2D eigenvalue weighted by atomic mass is 16.5. The Kier molecular flexibility index (Phi) is 7.94. The first kappa shape index (κ1) is 17.0. The molecule has 0 saturated heterocycles. The van der Waals surface area contributed by atoms with E-state index in [9.17, 15) is 9.59 Å². The van der Waals surface area contributed by atoms with E-state index in [1.165, 1.54) is 0 Å². The normalized spacial score (nSPS) is 10.1. The standard InChI is InChI=1S/C16H23NO4/c1-21-14-7-5-6-13(12-14)9-10-15(18)17-11-4-2-3-8-16(19)20/h5-7,12H,2-4,8-11H2,1H3,(H,17,18)(H,19,20). The van der Waals surface area contributed by atoms with Crippen LogP contribution in [0.2, 0.25) is 0 Å². The molecule has 0 aliphatic rings. The van der Waals surface area contributed by atoms with E-state index in [0.717, 1.165) is 24.2 Å². The minimum absolute atomic E-state index is 0.0241. The van der Waals surface area contributed by atoms with Gasteiger partial charge in [0.15, 0.2) is 0 Å². The largest absolute Gasteiger partial charge is 0.497 e. The second kappa shape index (κ2) is 9.80. The van der Waals surface area contributed by atoms with Gasteiger partial charge < -0.3 is 15.2 Å². The Morgan fingerprint density at radius 3 is 2.71 bits per heavy atom. The first-order valence-electron chi connectivity index (χ1n) is 7.23. The summed E-state index contributed by atoms with van der Waals surface area (Å²) in [5.41, 5.74) is 1.07. The van der Waals surface area contributed by atoms with Crippen molar-refractivity contribution in [2.24, 2.45) is 0 Å². The molecule has 2 N–H and O–H groups in total. The van der Waals surface area contributed by atoms with Crippen LogP contribution in [0.15, 0.2) is 24.3 Å². The Balaban J connectivity index is 2.12. The highest BCUT2D eigenvalue weighted by molar-refractivity contribution is 5.76. The third-order valence-corrected chi connectivity index (χ3v) is 3.16. The highest BCUT2D eigenvalue weighted by Gasteiger charge is 2.03. The van der Waals surface area contributed by atoms with Gasteiger partial charge in [-0.2, -0.15) is 0 Å². The fourth-order valence-electron chi connectivity index (χ4n) is 1.98. The SMILES string of the molecule is COc1cccc(CCC(=O)NCCCCCC(=O)O)c1. The molecular weight excluding hydrogens is 270 g/mol. The van der Waals surface area contributed by atoms with Gasteiger partial charge in [0.05, 0.1) is 7.11 Å². The van der Waals surface area contributed by atoms with Gasteiger partial charge >= 0.3 is 5.97 Å². The van der Waals surface area contributed by atoms with Gasteiger partial charge in [-0.05, 0) is 37.0 Å². The number of rotatable bonds is 10. The summed E-state index contributed by atoms with van der Waals surface area (Å²) in [6, 6.07) is 7.69. The number of methoxy groups -OCH3 is 1. The number of hydrogen-bond acceptors (Lipinski definition) is 3. The number of benzene rings is 1. The summed E-state index contributed by atoms with van der Waals surface area (Å²) in [4.78, 5) is 22.0. The maximum absolute atomic E-state index is 11.7. The van der Waals surface area contributed by atoms with E-state index in [1.54, 1.807) is 7.11 Å². The molecule has 0 radical (unpaired) electrons. The predicted molar refractivity (Wildman–Crippen MR) is 80.4 cm³/mol. The van der Waals surface area contributed by atoms with Crippen molar-refractivity contribution in [1.29, 1.82) is 0 Å². The predicted octanol–water partition coefficient (Wildman–Crippen LogP) is 2.39. The number of aryl methyl sites for hydroxylation is 1. The van der Waals surface area contributed by atoms with Gasteiger partial charge in [0, 0.05) is 19.4 Å².